The molecule has 0 fully saturated rings. The van der Waals surface area contributed by atoms with Gasteiger partial charge in [0.25, 0.3) is 0 Å². The highest BCUT2D eigenvalue weighted by atomic mass is 16.5. The Morgan fingerprint density at radius 3 is 2.54 bits per heavy atom. The summed E-state index contributed by atoms with van der Waals surface area (Å²) >= 11 is 0. The Hall–Kier alpha value is -1.09. The molecule has 0 saturated carbocycles. The quantitative estimate of drug-likeness (QED) is 0.576. The van der Waals surface area contributed by atoms with Gasteiger partial charge in [0.15, 0.2) is 0 Å². The lowest BCUT2D eigenvalue weighted by atomic mass is 9.75. The van der Waals surface area contributed by atoms with E-state index in [-0.39, 0.29) is 29.8 Å². The summed E-state index contributed by atoms with van der Waals surface area (Å²) in [5.74, 6) is 0.608. The zero-order chi connectivity index (χ0) is 18.5. The van der Waals surface area contributed by atoms with Gasteiger partial charge in [-0.1, -0.05) is 59.8 Å². The van der Waals surface area contributed by atoms with Crippen LogP contribution >= 0.6 is 0 Å². The highest BCUT2D eigenvalue weighted by molar-refractivity contribution is 5.70. The van der Waals surface area contributed by atoms with E-state index in [4.69, 9.17) is 4.74 Å². The van der Waals surface area contributed by atoms with Crippen molar-refractivity contribution in [2.45, 2.75) is 79.9 Å². The van der Waals surface area contributed by atoms with Crippen molar-refractivity contribution in [1.29, 1.82) is 0 Å². The van der Waals surface area contributed by atoms with Gasteiger partial charge < -0.3 is 9.84 Å². The van der Waals surface area contributed by atoms with Crippen molar-refractivity contribution >= 4 is 5.97 Å². The SMILES string of the molecule is C/C(=C\C(C)C)[C@H]1OC(=O)C[C@H](O)CCC(C)(C)[C@@H](C)/C=C/[C@@H]1C. The molecule has 24 heavy (non-hydrogen) atoms. The van der Waals surface area contributed by atoms with Gasteiger partial charge >= 0.3 is 5.97 Å². The van der Waals surface area contributed by atoms with Crippen LogP contribution in [0.1, 0.15) is 67.7 Å². The van der Waals surface area contributed by atoms with Gasteiger partial charge in [0.1, 0.15) is 6.10 Å². The summed E-state index contributed by atoms with van der Waals surface area (Å²) in [4.78, 5) is 12.2. The van der Waals surface area contributed by atoms with E-state index >= 15 is 0 Å². The smallest absolute Gasteiger partial charge is 0.309 e. The third-order valence-electron chi connectivity index (χ3n) is 5.24. The Balaban J connectivity index is 3.12. The van der Waals surface area contributed by atoms with Crippen LogP contribution in [0.25, 0.3) is 0 Å². The number of hydrogen-bond donors (Lipinski definition) is 1. The fourth-order valence-corrected chi connectivity index (χ4v) is 3.19. The van der Waals surface area contributed by atoms with E-state index in [1.54, 1.807) is 0 Å². The lowest BCUT2D eigenvalue weighted by Crippen LogP contribution is -2.30. The zero-order valence-corrected chi connectivity index (χ0v) is 16.5. The van der Waals surface area contributed by atoms with Crippen LogP contribution in [0.15, 0.2) is 23.8 Å². The van der Waals surface area contributed by atoms with Gasteiger partial charge in [-0.25, -0.2) is 0 Å². The van der Waals surface area contributed by atoms with Crippen LogP contribution < -0.4 is 0 Å². The van der Waals surface area contributed by atoms with E-state index in [2.05, 4.69) is 59.8 Å². The van der Waals surface area contributed by atoms with E-state index < -0.39 is 6.10 Å². The molecule has 0 aliphatic carbocycles. The molecule has 0 radical (unpaired) electrons. The number of carbonyl (C=O) groups excluding carboxylic acids is 1. The summed E-state index contributed by atoms with van der Waals surface area (Å²) in [6.07, 6.45) is 7.26. The van der Waals surface area contributed by atoms with E-state index in [1.807, 2.05) is 6.92 Å². The molecule has 0 unspecified atom stereocenters. The molecular formula is C21H36O3. The van der Waals surface area contributed by atoms with E-state index in [1.165, 1.54) is 0 Å². The summed E-state index contributed by atoms with van der Waals surface area (Å²) < 4.78 is 5.74. The molecule has 4 atom stereocenters. The van der Waals surface area contributed by atoms with Gasteiger partial charge in [0.05, 0.1) is 12.5 Å². The van der Waals surface area contributed by atoms with Gasteiger partial charge in [0.2, 0.25) is 0 Å². The van der Waals surface area contributed by atoms with Crippen molar-refractivity contribution in [2.24, 2.45) is 23.2 Å². The summed E-state index contributed by atoms with van der Waals surface area (Å²) in [7, 11) is 0. The number of aliphatic hydroxyl groups excluding tert-OH is 1. The molecule has 138 valence electrons. The number of aliphatic hydroxyl groups is 1. The Morgan fingerprint density at radius 2 is 1.96 bits per heavy atom. The molecule has 1 heterocycles. The third kappa shape index (κ3) is 6.43. The summed E-state index contributed by atoms with van der Waals surface area (Å²) in [6.45, 7) is 15.0. The van der Waals surface area contributed by atoms with Crippen molar-refractivity contribution in [1.82, 2.24) is 0 Å². The average Bonchev–Trinajstić information content (AvgIpc) is 2.46. The van der Waals surface area contributed by atoms with Crippen LogP contribution in [0.2, 0.25) is 0 Å². The molecular weight excluding hydrogens is 300 g/mol. The molecule has 1 N–H and O–H groups in total. The first-order chi connectivity index (χ1) is 11.0. The van der Waals surface area contributed by atoms with E-state index in [0.29, 0.717) is 18.3 Å². The van der Waals surface area contributed by atoms with Gasteiger partial charge in [-0.05, 0) is 42.6 Å². The number of allylic oxidation sites excluding steroid dienone is 2. The van der Waals surface area contributed by atoms with Crippen molar-refractivity contribution in [3.8, 4) is 0 Å². The van der Waals surface area contributed by atoms with Crippen LogP contribution in [-0.4, -0.2) is 23.3 Å². The van der Waals surface area contributed by atoms with E-state index in [9.17, 15) is 9.90 Å². The first kappa shape index (κ1) is 21.0. The molecule has 0 aromatic carbocycles. The van der Waals surface area contributed by atoms with Crippen LogP contribution in [0.5, 0.6) is 0 Å². The summed E-state index contributed by atoms with van der Waals surface area (Å²) in [5, 5.41) is 10.2. The number of esters is 1. The minimum Gasteiger partial charge on any atom is -0.457 e. The monoisotopic (exact) mass is 336 g/mol. The van der Waals surface area contributed by atoms with Gasteiger partial charge in [-0.15, -0.1) is 0 Å². The summed E-state index contributed by atoms with van der Waals surface area (Å²) in [5.41, 5.74) is 1.17. The molecule has 0 bridgehead atoms. The number of cyclic esters (lactones) is 1. The van der Waals surface area contributed by atoms with Crippen molar-refractivity contribution < 1.29 is 14.6 Å². The molecule has 0 spiro atoms. The topological polar surface area (TPSA) is 46.5 Å². The summed E-state index contributed by atoms with van der Waals surface area (Å²) in [6, 6.07) is 0. The molecule has 1 rings (SSSR count). The number of ether oxygens (including phenoxy) is 1. The Kier molecular flexibility index (Phi) is 7.72. The standard InChI is InChI=1S/C21H36O3/c1-14(2)12-16(4)20-15(3)8-9-17(5)21(6,7)11-10-18(22)13-19(23)24-20/h8-9,12,14-15,17-18,20,22H,10-11,13H2,1-7H3/b9-8+,16-12+/t15-,17-,18+,20-/m0/s1. The lowest BCUT2D eigenvalue weighted by molar-refractivity contribution is -0.151. The first-order valence-corrected chi connectivity index (χ1v) is 9.27. The fourth-order valence-electron chi connectivity index (χ4n) is 3.19. The second kappa shape index (κ2) is 8.84. The molecule has 0 saturated heterocycles. The lowest BCUT2D eigenvalue weighted by Gasteiger charge is -2.32. The highest BCUT2D eigenvalue weighted by Gasteiger charge is 2.29. The van der Waals surface area contributed by atoms with Crippen LogP contribution in [0.4, 0.5) is 0 Å². The zero-order valence-electron chi connectivity index (χ0n) is 16.5. The third-order valence-corrected chi connectivity index (χ3v) is 5.24. The van der Waals surface area contributed by atoms with Crippen LogP contribution in [0.3, 0.4) is 0 Å². The molecule has 0 aromatic heterocycles. The maximum Gasteiger partial charge on any atom is 0.309 e. The van der Waals surface area contributed by atoms with Gasteiger partial charge in [-0.3, -0.25) is 4.79 Å². The fraction of sp³-hybridized carbons (Fsp3) is 0.762. The average molecular weight is 337 g/mol. The second-order valence-corrected chi connectivity index (χ2v) is 8.48. The van der Waals surface area contributed by atoms with Gasteiger partial charge in [-0.2, -0.15) is 0 Å². The minimum atomic E-state index is -0.627. The minimum absolute atomic E-state index is 0.0757. The normalized spacial score (nSPS) is 34.2. The first-order valence-electron chi connectivity index (χ1n) is 9.27. The number of carbonyl (C=O) groups is 1. The van der Waals surface area contributed by atoms with Crippen molar-refractivity contribution in [2.75, 3.05) is 0 Å². The second-order valence-electron chi connectivity index (χ2n) is 8.48. The molecule has 0 amide bonds. The van der Waals surface area contributed by atoms with E-state index in [0.717, 1.165) is 12.0 Å². The molecule has 0 aromatic rings. The number of hydrogen-bond acceptors (Lipinski definition) is 3. The largest absolute Gasteiger partial charge is 0.457 e. The molecule has 1 aliphatic rings. The maximum absolute atomic E-state index is 12.2. The van der Waals surface area contributed by atoms with Crippen LogP contribution in [-0.2, 0) is 9.53 Å². The molecule has 1 aliphatic heterocycles. The van der Waals surface area contributed by atoms with Crippen LogP contribution in [0, 0.1) is 23.2 Å². The Bertz CT molecular complexity index is 473. The van der Waals surface area contributed by atoms with Crippen molar-refractivity contribution in [3.05, 3.63) is 23.8 Å². The molecule has 3 nitrogen and oxygen atoms in total. The predicted octanol–water partition coefficient (Wildman–Crippen LogP) is 4.90. The Morgan fingerprint density at radius 1 is 1.33 bits per heavy atom. The predicted molar refractivity (Wildman–Crippen MR) is 99.6 cm³/mol. The molecule has 3 heteroatoms. The number of rotatable bonds is 2. The van der Waals surface area contributed by atoms with Gasteiger partial charge in [0, 0.05) is 5.92 Å². The Labute approximate surface area is 148 Å². The highest BCUT2D eigenvalue weighted by Crippen LogP contribution is 2.34. The van der Waals surface area contributed by atoms with Crippen molar-refractivity contribution in [3.63, 3.8) is 0 Å². The maximum atomic E-state index is 12.2.